The predicted molar refractivity (Wildman–Crippen MR) is 68.6 cm³/mol. The summed E-state index contributed by atoms with van der Waals surface area (Å²) >= 11 is 7.35. The van der Waals surface area contributed by atoms with E-state index in [1.165, 1.54) is 11.3 Å². The van der Waals surface area contributed by atoms with Gasteiger partial charge in [0.25, 0.3) is 5.91 Å². The molecule has 4 nitrogen and oxygen atoms in total. The van der Waals surface area contributed by atoms with Crippen molar-refractivity contribution in [2.45, 2.75) is 6.04 Å². The lowest BCUT2D eigenvalue weighted by atomic mass is 10.1. The van der Waals surface area contributed by atoms with Crippen LogP contribution in [-0.4, -0.2) is 10.9 Å². The lowest BCUT2D eigenvalue weighted by Crippen LogP contribution is -2.31. The van der Waals surface area contributed by atoms with Crippen LogP contribution in [-0.2, 0) is 4.79 Å². The first-order valence-electron chi connectivity index (χ1n) is 5.00. The van der Waals surface area contributed by atoms with E-state index < -0.39 is 0 Å². The van der Waals surface area contributed by atoms with Crippen LogP contribution in [0.2, 0.25) is 5.02 Å². The van der Waals surface area contributed by atoms with Gasteiger partial charge in [0, 0.05) is 11.1 Å². The van der Waals surface area contributed by atoms with Crippen LogP contribution in [0.1, 0.15) is 10.9 Å². The Labute approximate surface area is 107 Å². The third kappa shape index (κ3) is 1.87. The van der Waals surface area contributed by atoms with E-state index in [0.717, 1.165) is 4.88 Å². The van der Waals surface area contributed by atoms with Crippen molar-refractivity contribution in [2.75, 3.05) is 10.6 Å². The Kier molecular flexibility index (Phi) is 2.49. The van der Waals surface area contributed by atoms with Gasteiger partial charge in [0.15, 0.2) is 5.82 Å². The average Bonchev–Trinajstić information content (AvgIpc) is 2.81. The van der Waals surface area contributed by atoms with Crippen LogP contribution in [0.4, 0.5) is 11.5 Å². The van der Waals surface area contributed by atoms with Gasteiger partial charge in [0.1, 0.15) is 6.04 Å². The number of aromatic nitrogens is 1. The molecule has 0 spiro atoms. The second kappa shape index (κ2) is 4.01. The molecule has 0 aromatic carbocycles. The van der Waals surface area contributed by atoms with Crippen molar-refractivity contribution >= 4 is 40.4 Å². The number of pyridine rings is 1. The van der Waals surface area contributed by atoms with Crippen molar-refractivity contribution in [1.82, 2.24) is 4.98 Å². The van der Waals surface area contributed by atoms with Crippen molar-refractivity contribution in [3.05, 3.63) is 39.7 Å². The molecule has 1 atom stereocenters. The number of nitrogens with zero attached hydrogens (tertiary/aromatic N) is 1. The molecule has 0 saturated heterocycles. The van der Waals surface area contributed by atoms with Crippen LogP contribution >= 0.6 is 22.9 Å². The lowest BCUT2D eigenvalue weighted by molar-refractivity contribution is -0.117. The Bertz CT molecular complexity index is 570. The standard InChI is InChI=1S/C11H8ClN3OS/c12-6-4-7-10(13-5-6)15-9(11(16)14-7)8-2-1-3-17-8/h1-5,9H,(H,13,15)(H,14,16). The number of halogens is 1. The minimum atomic E-state index is -0.379. The maximum absolute atomic E-state index is 11.9. The summed E-state index contributed by atoms with van der Waals surface area (Å²) in [5.74, 6) is 0.552. The Morgan fingerprint density at radius 3 is 3.12 bits per heavy atom. The number of hydrogen-bond acceptors (Lipinski definition) is 4. The smallest absolute Gasteiger partial charge is 0.252 e. The Balaban J connectivity index is 1.98. The zero-order valence-electron chi connectivity index (χ0n) is 8.61. The first-order valence-corrected chi connectivity index (χ1v) is 6.26. The summed E-state index contributed by atoms with van der Waals surface area (Å²) in [4.78, 5) is 17.1. The molecule has 6 heteroatoms. The summed E-state index contributed by atoms with van der Waals surface area (Å²) in [6, 6.07) is 5.14. The Morgan fingerprint density at radius 1 is 1.47 bits per heavy atom. The molecular weight excluding hydrogens is 258 g/mol. The van der Waals surface area contributed by atoms with Crippen molar-refractivity contribution in [1.29, 1.82) is 0 Å². The molecule has 1 amide bonds. The third-order valence-corrected chi connectivity index (χ3v) is 3.63. The molecule has 0 bridgehead atoms. The molecule has 0 fully saturated rings. The largest absolute Gasteiger partial charge is 0.352 e. The van der Waals surface area contributed by atoms with Gasteiger partial charge in [0.2, 0.25) is 0 Å². The molecule has 3 rings (SSSR count). The first kappa shape index (κ1) is 10.6. The number of nitrogens with one attached hydrogen (secondary N) is 2. The van der Waals surface area contributed by atoms with Gasteiger partial charge in [-0.1, -0.05) is 17.7 Å². The summed E-state index contributed by atoms with van der Waals surface area (Å²) in [5, 5.41) is 8.34. The summed E-state index contributed by atoms with van der Waals surface area (Å²) in [6.45, 7) is 0. The number of amides is 1. The Morgan fingerprint density at radius 2 is 2.35 bits per heavy atom. The van der Waals surface area contributed by atoms with Crippen LogP contribution < -0.4 is 10.6 Å². The fourth-order valence-electron chi connectivity index (χ4n) is 1.71. The maximum atomic E-state index is 11.9. The zero-order valence-corrected chi connectivity index (χ0v) is 10.2. The van der Waals surface area contributed by atoms with Gasteiger partial charge in [0.05, 0.1) is 10.7 Å². The number of carbonyl (C=O) groups excluding carboxylic acids is 1. The number of hydrogen-bond donors (Lipinski definition) is 2. The van der Waals surface area contributed by atoms with Gasteiger partial charge in [-0.3, -0.25) is 4.79 Å². The molecule has 0 saturated carbocycles. The van der Waals surface area contributed by atoms with E-state index in [9.17, 15) is 4.79 Å². The Hall–Kier alpha value is -1.59. The fraction of sp³-hybridized carbons (Fsp3) is 0.0909. The monoisotopic (exact) mass is 265 g/mol. The molecule has 17 heavy (non-hydrogen) atoms. The van der Waals surface area contributed by atoms with Crippen molar-refractivity contribution < 1.29 is 4.79 Å². The maximum Gasteiger partial charge on any atom is 0.252 e. The van der Waals surface area contributed by atoms with Crippen LogP contribution in [0.15, 0.2) is 29.8 Å². The van der Waals surface area contributed by atoms with E-state index in [1.54, 1.807) is 12.3 Å². The van der Waals surface area contributed by atoms with Gasteiger partial charge in [-0.15, -0.1) is 11.3 Å². The van der Waals surface area contributed by atoms with E-state index in [0.29, 0.717) is 16.5 Å². The minimum Gasteiger partial charge on any atom is -0.352 e. The second-order valence-corrected chi connectivity index (χ2v) is 5.05. The number of anilines is 2. The van der Waals surface area contributed by atoms with Gasteiger partial charge in [-0.05, 0) is 17.5 Å². The number of carbonyl (C=O) groups is 1. The zero-order chi connectivity index (χ0) is 11.8. The van der Waals surface area contributed by atoms with Crippen LogP contribution in [0.5, 0.6) is 0 Å². The number of thiophene rings is 1. The number of rotatable bonds is 1. The van der Waals surface area contributed by atoms with Crippen LogP contribution in [0.3, 0.4) is 0 Å². The van der Waals surface area contributed by atoms with E-state index in [1.807, 2.05) is 17.5 Å². The molecule has 3 heterocycles. The molecule has 2 N–H and O–H groups in total. The van der Waals surface area contributed by atoms with Gasteiger partial charge in [-0.25, -0.2) is 4.98 Å². The minimum absolute atomic E-state index is 0.0935. The van der Waals surface area contributed by atoms with E-state index in [-0.39, 0.29) is 11.9 Å². The normalized spacial score (nSPS) is 18.2. The van der Waals surface area contributed by atoms with E-state index in [2.05, 4.69) is 15.6 Å². The molecule has 0 aliphatic carbocycles. The molecular formula is C11H8ClN3OS. The highest BCUT2D eigenvalue weighted by Crippen LogP contribution is 2.33. The quantitative estimate of drug-likeness (QED) is 0.834. The summed E-state index contributed by atoms with van der Waals surface area (Å²) in [6.07, 6.45) is 1.55. The average molecular weight is 266 g/mol. The van der Waals surface area contributed by atoms with Crippen molar-refractivity contribution in [2.24, 2.45) is 0 Å². The second-order valence-electron chi connectivity index (χ2n) is 3.63. The molecule has 2 aromatic rings. The predicted octanol–water partition coefficient (Wildman–Crippen LogP) is 2.90. The van der Waals surface area contributed by atoms with Gasteiger partial charge < -0.3 is 10.6 Å². The van der Waals surface area contributed by atoms with Crippen molar-refractivity contribution in [3.63, 3.8) is 0 Å². The van der Waals surface area contributed by atoms with Crippen LogP contribution in [0, 0.1) is 0 Å². The summed E-state index contributed by atoms with van der Waals surface area (Å²) < 4.78 is 0. The van der Waals surface area contributed by atoms with Crippen LogP contribution in [0.25, 0.3) is 0 Å². The van der Waals surface area contributed by atoms with Gasteiger partial charge >= 0.3 is 0 Å². The molecule has 2 aromatic heterocycles. The summed E-state index contributed by atoms with van der Waals surface area (Å²) in [7, 11) is 0. The highest BCUT2D eigenvalue weighted by molar-refractivity contribution is 7.10. The fourth-order valence-corrected chi connectivity index (χ4v) is 2.64. The topological polar surface area (TPSA) is 54.0 Å². The number of fused-ring (bicyclic) bond motifs is 1. The first-order chi connectivity index (χ1) is 8.24. The van der Waals surface area contributed by atoms with E-state index >= 15 is 0 Å². The van der Waals surface area contributed by atoms with Gasteiger partial charge in [-0.2, -0.15) is 0 Å². The molecule has 0 radical (unpaired) electrons. The molecule has 1 aliphatic heterocycles. The molecule has 1 unspecified atom stereocenters. The summed E-state index contributed by atoms with van der Waals surface area (Å²) in [5.41, 5.74) is 0.621. The lowest BCUT2D eigenvalue weighted by Gasteiger charge is -2.25. The van der Waals surface area contributed by atoms with E-state index in [4.69, 9.17) is 11.6 Å². The highest BCUT2D eigenvalue weighted by Gasteiger charge is 2.28. The van der Waals surface area contributed by atoms with Crippen molar-refractivity contribution in [3.8, 4) is 0 Å². The SMILES string of the molecule is O=C1Nc2cc(Cl)cnc2NC1c1cccs1. The molecule has 86 valence electrons. The highest BCUT2D eigenvalue weighted by atomic mass is 35.5. The third-order valence-electron chi connectivity index (χ3n) is 2.48. The molecule has 1 aliphatic rings.